The summed E-state index contributed by atoms with van der Waals surface area (Å²) in [7, 11) is 0. The van der Waals surface area contributed by atoms with Crippen LogP contribution in [0.15, 0.2) is 30.3 Å². The maximum atomic E-state index is 12.5. The van der Waals surface area contributed by atoms with Gasteiger partial charge >= 0.3 is 5.97 Å². The first-order valence-corrected chi connectivity index (χ1v) is 8.22. The van der Waals surface area contributed by atoms with Crippen LogP contribution in [0.4, 0.5) is 11.5 Å². The molecule has 0 saturated heterocycles. The van der Waals surface area contributed by atoms with Crippen molar-refractivity contribution < 1.29 is 14.3 Å². The Balaban J connectivity index is 2.23. The predicted octanol–water partition coefficient (Wildman–Crippen LogP) is 3.04. The van der Waals surface area contributed by atoms with Gasteiger partial charge in [-0.15, -0.1) is 0 Å². The monoisotopic (exact) mass is 342 g/mol. The molecule has 2 aromatic rings. The van der Waals surface area contributed by atoms with Crippen molar-refractivity contribution in [2.45, 2.75) is 27.2 Å². The molecule has 0 spiro atoms. The van der Waals surface area contributed by atoms with Crippen molar-refractivity contribution in [2.75, 3.05) is 23.8 Å². The van der Waals surface area contributed by atoms with E-state index in [-0.39, 0.29) is 12.3 Å². The topological polar surface area (TPSA) is 93.2 Å². The molecule has 0 saturated carbocycles. The van der Waals surface area contributed by atoms with Crippen LogP contribution >= 0.6 is 0 Å². The van der Waals surface area contributed by atoms with Gasteiger partial charge in [-0.25, -0.2) is 14.8 Å². The van der Waals surface area contributed by atoms with Crippen molar-refractivity contribution in [1.29, 1.82) is 0 Å². The van der Waals surface area contributed by atoms with Crippen molar-refractivity contribution in [3.05, 3.63) is 47.4 Å². The van der Waals surface area contributed by atoms with Gasteiger partial charge < -0.3 is 15.4 Å². The van der Waals surface area contributed by atoms with Gasteiger partial charge in [-0.05, 0) is 32.4 Å². The first-order valence-electron chi connectivity index (χ1n) is 8.22. The van der Waals surface area contributed by atoms with Gasteiger partial charge in [0.2, 0.25) is 0 Å². The van der Waals surface area contributed by atoms with E-state index >= 15 is 0 Å². The molecular weight excluding hydrogens is 320 g/mol. The number of anilines is 2. The highest BCUT2D eigenvalue weighted by Crippen LogP contribution is 2.18. The number of benzene rings is 1. The SMILES string of the molecule is CCCNc1cc(C(=O)Nc2ccccc2C(=O)OCC)nc(C)n1. The number of hydrogen-bond acceptors (Lipinski definition) is 6. The molecule has 1 amide bonds. The lowest BCUT2D eigenvalue weighted by atomic mass is 10.1. The molecule has 1 heterocycles. The molecule has 1 aromatic heterocycles. The number of nitrogens with one attached hydrogen (secondary N) is 2. The zero-order valence-electron chi connectivity index (χ0n) is 14.6. The molecule has 132 valence electrons. The zero-order valence-corrected chi connectivity index (χ0v) is 14.6. The number of para-hydroxylation sites is 1. The van der Waals surface area contributed by atoms with Gasteiger partial charge in [0.05, 0.1) is 17.9 Å². The Hall–Kier alpha value is -2.96. The molecule has 7 nitrogen and oxygen atoms in total. The summed E-state index contributed by atoms with van der Waals surface area (Å²) in [5.41, 5.74) is 0.905. The number of rotatable bonds is 7. The lowest BCUT2D eigenvalue weighted by molar-refractivity contribution is 0.0527. The van der Waals surface area contributed by atoms with E-state index in [4.69, 9.17) is 4.74 Å². The number of ether oxygens (including phenoxy) is 1. The second-order valence-electron chi connectivity index (χ2n) is 5.33. The van der Waals surface area contributed by atoms with E-state index in [1.807, 2.05) is 6.92 Å². The molecule has 0 bridgehead atoms. The van der Waals surface area contributed by atoms with E-state index in [2.05, 4.69) is 20.6 Å². The lowest BCUT2D eigenvalue weighted by Gasteiger charge is -2.11. The molecule has 7 heteroatoms. The number of carbonyl (C=O) groups is 2. The fourth-order valence-electron chi connectivity index (χ4n) is 2.19. The fraction of sp³-hybridized carbons (Fsp3) is 0.333. The van der Waals surface area contributed by atoms with Gasteiger partial charge in [-0.2, -0.15) is 0 Å². The third kappa shape index (κ3) is 5.00. The van der Waals surface area contributed by atoms with E-state index < -0.39 is 11.9 Å². The quantitative estimate of drug-likeness (QED) is 0.751. The van der Waals surface area contributed by atoms with Gasteiger partial charge in [0.15, 0.2) is 0 Å². The van der Waals surface area contributed by atoms with Crippen LogP contribution in [0.5, 0.6) is 0 Å². The summed E-state index contributed by atoms with van der Waals surface area (Å²) in [5, 5.41) is 5.85. The summed E-state index contributed by atoms with van der Waals surface area (Å²) in [4.78, 5) is 33.0. The van der Waals surface area contributed by atoms with Crippen LogP contribution in [0.3, 0.4) is 0 Å². The molecule has 0 aliphatic heterocycles. The zero-order chi connectivity index (χ0) is 18.2. The molecule has 1 aromatic carbocycles. The summed E-state index contributed by atoms with van der Waals surface area (Å²) < 4.78 is 5.01. The summed E-state index contributed by atoms with van der Waals surface area (Å²) in [5.74, 6) is 0.187. The van der Waals surface area contributed by atoms with Crippen LogP contribution in [-0.4, -0.2) is 35.0 Å². The van der Waals surface area contributed by atoms with Crippen molar-refractivity contribution in [1.82, 2.24) is 9.97 Å². The van der Waals surface area contributed by atoms with E-state index in [0.717, 1.165) is 13.0 Å². The molecule has 0 unspecified atom stereocenters. The van der Waals surface area contributed by atoms with Gasteiger partial charge in [0.25, 0.3) is 5.91 Å². The maximum absolute atomic E-state index is 12.5. The van der Waals surface area contributed by atoms with Crippen LogP contribution in [0, 0.1) is 6.92 Å². The Morgan fingerprint density at radius 3 is 2.64 bits per heavy atom. The van der Waals surface area contributed by atoms with Crippen LogP contribution in [0.25, 0.3) is 0 Å². The lowest BCUT2D eigenvalue weighted by Crippen LogP contribution is -2.18. The van der Waals surface area contributed by atoms with E-state index in [9.17, 15) is 9.59 Å². The van der Waals surface area contributed by atoms with Crippen LogP contribution in [0.2, 0.25) is 0 Å². The van der Waals surface area contributed by atoms with Gasteiger partial charge in [0.1, 0.15) is 17.3 Å². The van der Waals surface area contributed by atoms with Crippen LogP contribution in [-0.2, 0) is 4.74 Å². The average molecular weight is 342 g/mol. The smallest absolute Gasteiger partial charge is 0.340 e. The Bertz CT molecular complexity index is 762. The second kappa shape index (κ2) is 8.77. The van der Waals surface area contributed by atoms with Gasteiger partial charge in [-0.3, -0.25) is 4.79 Å². The van der Waals surface area contributed by atoms with Gasteiger partial charge in [0, 0.05) is 12.6 Å². The number of carbonyl (C=O) groups excluding carboxylic acids is 2. The Kier molecular flexibility index (Phi) is 6.45. The highest BCUT2D eigenvalue weighted by atomic mass is 16.5. The predicted molar refractivity (Wildman–Crippen MR) is 95.9 cm³/mol. The number of amides is 1. The Morgan fingerprint density at radius 1 is 1.16 bits per heavy atom. The Morgan fingerprint density at radius 2 is 1.92 bits per heavy atom. The second-order valence-corrected chi connectivity index (χ2v) is 5.33. The van der Waals surface area contributed by atoms with Crippen molar-refractivity contribution in [3.63, 3.8) is 0 Å². The van der Waals surface area contributed by atoms with Crippen molar-refractivity contribution in [3.8, 4) is 0 Å². The minimum Gasteiger partial charge on any atom is -0.462 e. The highest BCUT2D eigenvalue weighted by molar-refractivity contribution is 6.07. The molecular formula is C18H22N4O3. The van der Waals surface area contributed by atoms with E-state index in [0.29, 0.717) is 22.9 Å². The summed E-state index contributed by atoms with van der Waals surface area (Å²) in [6, 6.07) is 8.29. The van der Waals surface area contributed by atoms with Crippen molar-refractivity contribution >= 4 is 23.4 Å². The minimum atomic E-state index is -0.484. The molecule has 25 heavy (non-hydrogen) atoms. The molecule has 2 N–H and O–H groups in total. The molecule has 0 atom stereocenters. The molecule has 0 aliphatic carbocycles. The third-order valence-corrected chi connectivity index (χ3v) is 3.30. The largest absolute Gasteiger partial charge is 0.462 e. The third-order valence-electron chi connectivity index (χ3n) is 3.30. The number of aryl methyl sites for hydroxylation is 1. The number of esters is 1. The molecule has 0 aliphatic rings. The fourth-order valence-corrected chi connectivity index (χ4v) is 2.19. The van der Waals surface area contributed by atoms with Crippen molar-refractivity contribution in [2.24, 2.45) is 0 Å². The molecule has 0 fully saturated rings. The highest BCUT2D eigenvalue weighted by Gasteiger charge is 2.16. The average Bonchev–Trinajstić information content (AvgIpc) is 2.60. The first-order chi connectivity index (χ1) is 12.0. The number of nitrogens with zero attached hydrogens (tertiary/aromatic N) is 2. The number of hydrogen-bond donors (Lipinski definition) is 2. The van der Waals surface area contributed by atoms with Gasteiger partial charge in [-0.1, -0.05) is 19.1 Å². The van der Waals surface area contributed by atoms with Crippen LogP contribution in [0.1, 0.15) is 46.9 Å². The molecule has 0 radical (unpaired) electrons. The van der Waals surface area contributed by atoms with E-state index in [1.165, 1.54) is 0 Å². The standard InChI is InChI=1S/C18H22N4O3/c1-4-10-19-16-11-15(20-12(3)21-16)17(23)22-14-9-7-6-8-13(14)18(24)25-5-2/h6-9,11H,4-5,10H2,1-3H3,(H,22,23)(H,19,20,21). The van der Waals surface area contributed by atoms with E-state index in [1.54, 1.807) is 44.2 Å². The maximum Gasteiger partial charge on any atom is 0.340 e. The summed E-state index contributed by atoms with van der Waals surface area (Å²) >= 11 is 0. The van der Waals surface area contributed by atoms with Crippen LogP contribution < -0.4 is 10.6 Å². The normalized spacial score (nSPS) is 10.2. The number of aromatic nitrogens is 2. The summed E-state index contributed by atoms with van der Waals surface area (Å²) in [6.45, 7) is 6.51. The summed E-state index contributed by atoms with van der Waals surface area (Å²) in [6.07, 6.45) is 0.942. The minimum absolute atomic E-state index is 0.227. The first kappa shape index (κ1) is 18.4. The Labute approximate surface area is 146 Å². The molecule has 2 rings (SSSR count).